The fourth-order valence-electron chi connectivity index (χ4n) is 5.24. The Morgan fingerprint density at radius 1 is 1.00 bits per heavy atom. The van der Waals surface area contributed by atoms with Gasteiger partial charge >= 0.3 is 12.1 Å². The van der Waals surface area contributed by atoms with Crippen LogP contribution in [0.2, 0.25) is 0 Å². The number of ether oxygens (including phenoxy) is 1. The van der Waals surface area contributed by atoms with Crippen LogP contribution in [0.1, 0.15) is 34.1 Å². The number of halogens is 4. The number of hydrogen-bond acceptors (Lipinski definition) is 7. The Morgan fingerprint density at radius 2 is 1.68 bits per heavy atom. The highest BCUT2D eigenvalue weighted by Crippen LogP contribution is 2.32. The lowest BCUT2D eigenvalue weighted by Gasteiger charge is -2.38. The molecule has 3 aromatic rings. The smallest absolute Gasteiger partial charge is 0.416 e. The normalized spacial score (nSPS) is 20.1. The number of likely N-dealkylation sites (tertiary alicyclic amines) is 1. The molecule has 212 valence electrons. The Balaban J connectivity index is 1.31. The van der Waals surface area contributed by atoms with E-state index in [1.165, 1.54) is 42.3 Å². The third-order valence-corrected chi connectivity index (χ3v) is 7.40. The van der Waals surface area contributed by atoms with Crippen LogP contribution in [0.3, 0.4) is 0 Å². The molecule has 0 unspecified atom stereocenters. The molecule has 0 radical (unpaired) electrons. The second kappa shape index (κ2) is 11.2. The first kappa shape index (κ1) is 27.6. The van der Waals surface area contributed by atoms with Crippen LogP contribution in [-0.2, 0) is 22.3 Å². The van der Waals surface area contributed by atoms with Gasteiger partial charge in [0.2, 0.25) is 5.91 Å². The Labute approximate surface area is 227 Å². The number of aromatic nitrogens is 3. The number of hydrogen-bond donors (Lipinski definition) is 0. The molecule has 9 nitrogen and oxygen atoms in total. The summed E-state index contributed by atoms with van der Waals surface area (Å²) in [6, 6.07) is 10.3. The molecule has 0 N–H and O–H groups in total. The number of anilines is 1. The standard InChI is InChI=1S/C27H28F4N6O3/c1-40-26(39)23-17-37(33-32-23)22-14-24(36(16-22)15-18-2-4-19(5-3-18)27(29,30)31)25(38)35-12-10-34(11-13-35)21-8-6-20(28)7-9-21/h2-9,17,22,24H,10-16H2,1H3/t22-,24-/m0/s1. The van der Waals surface area contributed by atoms with Crippen molar-refractivity contribution in [3.8, 4) is 0 Å². The van der Waals surface area contributed by atoms with Gasteiger partial charge in [-0.25, -0.2) is 13.9 Å². The number of alkyl halides is 3. The first-order valence-corrected chi connectivity index (χ1v) is 12.8. The summed E-state index contributed by atoms with van der Waals surface area (Å²) in [6.07, 6.45) is -2.57. The van der Waals surface area contributed by atoms with E-state index >= 15 is 0 Å². The minimum atomic E-state index is -4.43. The average Bonchev–Trinajstić information content (AvgIpc) is 3.60. The van der Waals surface area contributed by atoms with Gasteiger partial charge in [0, 0.05) is 45.0 Å². The number of esters is 1. The first-order valence-electron chi connectivity index (χ1n) is 12.8. The molecule has 1 aromatic heterocycles. The zero-order chi connectivity index (χ0) is 28.4. The van der Waals surface area contributed by atoms with Gasteiger partial charge in [0.25, 0.3) is 0 Å². The number of amides is 1. The van der Waals surface area contributed by atoms with Gasteiger partial charge in [-0.05, 0) is 48.4 Å². The van der Waals surface area contributed by atoms with Crippen LogP contribution in [-0.4, -0.2) is 82.5 Å². The second-order valence-electron chi connectivity index (χ2n) is 9.89. The number of nitrogens with zero attached hydrogens (tertiary/aromatic N) is 6. The fraction of sp³-hybridized carbons (Fsp3) is 0.407. The molecule has 2 aliphatic rings. The van der Waals surface area contributed by atoms with Crippen molar-refractivity contribution in [3.05, 3.63) is 77.4 Å². The molecule has 0 spiro atoms. The van der Waals surface area contributed by atoms with E-state index in [9.17, 15) is 27.2 Å². The van der Waals surface area contributed by atoms with E-state index in [0.29, 0.717) is 44.7 Å². The summed E-state index contributed by atoms with van der Waals surface area (Å²) < 4.78 is 58.7. The quantitative estimate of drug-likeness (QED) is 0.338. The van der Waals surface area contributed by atoms with Crippen LogP contribution >= 0.6 is 0 Å². The zero-order valence-corrected chi connectivity index (χ0v) is 21.7. The molecule has 0 bridgehead atoms. The lowest BCUT2D eigenvalue weighted by atomic mass is 10.1. The lowest BCUT2D eigenvalue weighted by molar-refractivity contribution is -0.137. The fourth-order valence-corrected chi connectivity index (χ4v) is 5.24. The maximum atomic E-state index is 13.8. The third-order valence-electron chi connectivity index (χ3n) is 7.40. The topological polar surface area (TPSA) is 83.8 Å². The summed E-state index contributed by atoms with van der Waals surface area (Å²) in [5, 5.41) is 7.92. The Kier molecular flexibility index (Phi) is 7.74. The number of benzene rings is 2. The Morgan fingerprint density at radius 3 is 2.30 bits per heavy atom. The highest BCUT2D eigenvalue weighted by atomic mass is 19.4. The predicted molar refractivity (Wildman–Crippen MR) is 136 cm³/mol. The molecule has 2 atom stereocenters. The van der Waals surface area contributed by atoms with Gasteiger partial charge < -0.3 is 14.5 Å². The van der Waals surface area contributed by atoms with Crippen LogP contribution in [0.5, 0.6) is 0 Å². The average molecular weight is 561 g/mol. The van der Waals surface area contributed by atoms with Crippen LogP contribution in [0, 0.1) is 5.82 Å². The van der Waals surface area contributed by atoms with E-state index in [1.807, 2.05) is 4.90 Å². The molecular formula is C27H28F4N6O3. The van der Waals surface area contributed by atoms with E-state index < -0.39 is 23.8 Å². The molecular weight excluding hydrogens is 532 g/mol. The maximum absolute atomic E-state index is 13.8. The molecule has 2 fully saturated rings. The highest BCUT2D eigenvalue weighted by Gasteiger charge is 2.41. The molecule has 0 aliphatic carbocycles. The van der Waals surface area contributed by atoms with Crippen molar-refractivity contribution in [1.29, 1.82) is 0 Å². The van der Waals surface area contributed by atoms with Crippen LogP contribution in [0.25, 0.3) is 0 Å². The minimum absolute atomic E-state index is 0.0449. The van der Waals surface area contributed by atoms with E-state index in [2.05, 4.69) is 15.2 Å². The predicted octanol–water partition coefficient (Wildman–Crippen LogP) is 3.39. The van der Waals surface area contributed by atoms with Crippen molar-refractivity contribution in [2.75, 3.05) is 44.7 Å². The number of rotatable bonds is 6. The summed E-state index contributed by atoms with van der Waals surface area (Å²) in [5.74, 6) is -1.02. The van der Waals surface area contributed by atoms with Crippen LogP contribution in [0.15, 0.2) is 54.7 Å². The van der Waals surface area contributed by atoms with E-state index in [0.717, 1.165) is 17.8 Å². The molecule has 13 heteroatoms. The molecule has 2 aliphatic heterocycles. The zero-order valence-electron chi connectivity index (χ0n) is 21.7. The van der Waals surface area contributed by atoms with Gasteiger partial charge in [0.15, 0.2) is 5.69 Å². The Bertz CT molecular complexity index is 1340. The van der Waals surface area contributed by atoms with E-state index in [1.54, 1.807) is 17.0 Å². The van der Waals surface area contributed by atoms with Crippen molar-refractivity contribution >= 4 is 17.6 Å². The van der Waals surface area contributed by atoms with Gasteiger partial charge in [-0.3, -0.25) is 9.69 Å². The summed E-state index contributed by atoms with van der Waals surface area (Å²) in [7, 11) is 1.24. The minimum Gasteiger partial charge on any atom is -0.464 e. The highest BCUT2D eigenvalue weighted by molar-refractivity contribution is 5.86. The van der Waals surface area contributed by atoms with Gasteiger partial charge in [-0.1, -0.05) is 17.3 Å². The van der Waals surface area contributed by atoms with Gasteiger partial charge in [-0.2, -0.15) is 13.2 Å². The molecule has 2 saturated heterocycles. The largest absolute Gasteiger partial charge is 0.464 e. The molecule has 2 aromatic carbocycles. The van der Waals surface area contributed by atoms with Crippen molar-refractivity contribution in [3.63, 3.8) is 0 Å². The Hall–Kier alpha value is -4.00. The number of methoxy groups -OCH3 is 1. The molecule has 40 heavy (non-hydrogen) atoms. The van der Waals surface area contributed by atoms with Gasteiger partial charge in [-0.15, -0.1) is 5.10 Å². The monoisotopic (exact) mass is 560 g/mol. The SMILES string of the molecule is COC(=O)c1cn([C@H]2C[C@@H](C(=O)N3CCN(c4ccc(F)cc4)CC3)N(Cc3ccc(C(F)(F)F)cc3)C2)nn1. The number of carbonyl (C=O) groups excluding carboxylic acids is 2. The summed E-state index contributed by atoms with van der Waals surface area (Å²) >= 11 is 0. The van der Waals surface area contributed by atoms with Crippen molar-refractivity contribution in [2.24, 2.45) is 0 Å². The van der Waals surface area contributed by atoms with E-state index in [4.69, 9.17) is 4.74 Å². The maximum Gasteiger partial charge on any atom is 0.416 e. The summed E-state index contributed by atoms with van der Waals surface area (Å²) in [6.45, 7) is 2.76. The second-order valence-corrected chi connectivity index (χ2v) is 9.89. The molecule has 5 rings (SSSR count). The summed E-state index contributed by atoms with van der Waals surface area (Å²) in [5.41, 5.74) is 0.830. The molecule has 3 heterocycles. The van der Waals surface area contributed by atoms with Crippen molar-refractivity contribution in [2.45, 2.75) is 31.2 Å². The molecule has 1 amide bonds. The van der Waals surface area contributed by atoms with Crippen LogP contribution < -0.4 is 4.90 Å². The van der Waals surface area contributed by atoms with Gasteiger partial charge in [0.05, 0.1) is 31.0 Å². The molecule has 0 saturated carbocycles. The van der Waals surface area contributed by atoms with Crippen molar-refractivity contribution in [1.82, 2.24) is 24.8 Å². The number of piperazine rings is 1. The first-order chi connectivity index (χ1) is 19.1. The number of carbonyl (C=O) groups is 2. The lowest BCUT2D eigenvalue weighted by Crippen LogP contribution is -2.53. The van der Waals surface area contributed by atoms with Crippen LogP contribution in [0.4, 0.5) is 23.2 Å². The van der Waals surface area contributed by atoms with E-state index in [-0.39, 0.29) is 30.0 Å². The van der Waals surface area contributed by atoms with Gasteiger partial charge in [0.1, 0.15) is 5.82 Å². The third kappa shape index (κ3) is 5.93. The van der Waals surface area contributed by atoms with Crippen molar-refractivity contribution < 1.29 is 31.9 Å². The summed E-state index contributed by atoms with van der Waals surface area (Å²) in [4.78, 5) is 31.4.